The Morgan fingerprint density at radius 1 is 1.36 bits per heavy atom. The lowest BCUT2D eigenvalue weighted by molar-refractivity contribution is -0.156. The lowest BCUT2D eigenvalue weighted by atomic mass is 9.94. The summed E-state index contributed by atoms with van der Waals surface area (Å²) in [5.74, 6) is 0.287. The third-order valence-corrected chi connectivity index (χ3v) is 5.26. The monoisotopic (exact) mass is 365 g/mol. The van der Waals surface area contributed by atoms with Crippen LogP contribution in [0.15, 0.2) is 24.3 Å². The van der Waals surface area contributed by atoms with Gasteiger partial charge in [0.25, 0.3) is 5.91 Å². The molecule has 25 heavy (non-hydrogen) atoms. The zero-order chi connectivity index (χ0) is 17.8. The van der Waals surface area contributed by atoms with Crippen LogP contribution in [0, 0.1) is 5.92 Å². The highest BCUT2D eigenvalue weighted by molar-refractivity contribution is 6.31. The number of nitrogens with zero attached hydrogens (tertiary/aromatic N) is 1. The molecule has 0 unspecified atom stereocenters. The molecular formula is C18H24ClN3O3. The Balaban J connectivity index is 1.73. The fraction of sp³-hybridized carbons (Fsp3) is 0.556. The number of ether oxygens (including phenoxy) is 1. The summed E-state index contributed by atoms with van der Waals surface area (Å²) in [6, 6.07) is 6.68. The van der Waals surface area contributed by atoms with Crippen LogP contribution in [0.4, 0.5) is 0 Å². The number of carbonyl (C=O) groups is 2. The molecule has 1 aromatic carbocycles. The Bertz CT molecular complexity index is 632. The SMILES string of the molecule is CNCC1CCN(C(=O)[C@H]2OCC(=O)N[C@@H]2c2ccccc2Cl)CC1. The molecule has 6 nitrogen and oxygen atoms in total. The highest BCUT2D eigenvalue weighted by Crippen LogP contribution is 2.30. The van der Waals surface area contributed by atoms with E-state index in [9.17, 15) is 9.59 Å². The van der Waals surface area contributed by atoms with Gasteiger partial charge in [0.05, 0.1) is 6.04 Å². The standard InChI is InChI=1S/C18H24ClN3O3/c1-20-10-12-6-8-22(9-7-12)18(24)17-16(21-15(23)11-25-17)13-4-2-3-5-14(13)19/h2-5,12,16-17,20H,6-11H2,1H3,(H,21,23)/t16-,17+/m1/s1. The van der Waals surface area contributed by atoms with Crippen LogP contribution >= 0.6 is 11.6 Å². The average molecular weight is 366 g/mol. The van der Waals surface area contributed by atoms with Gasteiger partial charge in [-0.15, -0.1) is 0 Å². The second-order valence-electron chi connectivity index (χ2n) is 6.62. The number of nitrogens with one attached hydrogen (secondary N) is 2. The van der Waals surface area contributed by atoms with E-state index in [-0.39, 0.29) is 18.4 Å². The van der Waals surface area contributed by atoms with Crippen molar-refractivity contribution in [1.82, 2.24) is 15.5 Å². The predicted molar refractivity (Wildman–Crippen MR) is 95.3 cm³/mol. The van der Waals surface area contributed by atoms with Crippen molar-refractivity contribution < 1.29 is 14.3 Å². The van der Waals surface area contributed by atoms with Gasteiger partial charge in [-0.3, -0.25) is 9.59 Å². The van der Waals surface area contributed by atoms with Gasteiger partial charge >= 0.3 is 0 Å². The van der Waals surface area contributed by atoms with Crippen LogP contribution in [0.2, 0.25) is 5.02 Å². The van der Waals surface area contributed by atoms with E-state index in [4.69, 9.17) is 16.3 Å². The predicted octanol–water partition coefficient (Wildman–Crippen LogP) is 1.35. The van der Waals surface area contributed by atoms with Crippen molar-refractivity contribution >= 4 is 23.4 Å². The van der Waals surface area contributed by atoms with Crippen LogP contribution in [-0.4, -0.2) is 56.1 Å². The van der Waals surface area contributed by atoms with Gasteiger partial charge in [0, 0.05) is 18.1 Å². The first-order valence-corrected chi connectivity index (χ1v) is 9.06. The molecule has 0 aromatic heterocycles. The molecule has 7 heteroatoms. The van der Waals surface area contributed by atoms with E-state index in [1.54, 1.807) is 6.07 Å². The molecule has 0 spiro atoms. The van der Waals surface area contributed by atoms with E-state index in [0.717, 1.165) is 19.4 Å². The van der Waals surface area contributed by atoms with Crippen LogP contribution < -0.4 is 10.6 Å². The Morgan fingerprint density at radius 2 is 2.08 bits per heavy atom. The molecule has 2 fully saturated rings. The number of benzene rings is 1. The molecule has 0 bridgehead atoms. The summed E-state index contributed by atoms with van der Waals surface area (Å²) in [6.45, 7) is 2.30. The van der Waals surface area contributed by atoms with E-state index in [2.05, 4.69) is 10.6 Å². The largest absolute Gasteiger partial charge is 0.356 e. The minimum Gasteiger partial charge on any atom is -0.356 e. The molecule has 0 saturated carbocycles. The Kier molecular flexibility index (Phi) is 5.93. The molecule has 2 aliphatic heterocycles. The Hall–Kier alpha value is -1.63. The number of hydrogen-bond donors (Lipinski definition) is 2. The minimum absolute atomic E-state index is 0.0761. The summed E-state index contributed by atoms with van der Waals surface area (Å²) < 4.78 is 5.63. The van der Waals surface area contributed by atoms with E-state index in [0.29, 0.717) is 29.6 Å². The first kappa shape index (κ1) is 18.2. The van der Waals surface area contributed by atoms with Gasteiger partial charge < -0.3 is 20.3 Å². The first-order valence-electron chi connectivity index (χ1n) is 8.69. The second kappa shape index (κ2) is 8.17. The molecule has 0 aliphatic carbocycles. The van der Waals surface area contributed by atoms with Crippen molar-refractivity contribution in [3.63, 3.8) is 0 Å². The number of hydrogen-bond acceptors (Lipinski definition) is 4. The maximum absolute atomic E-state index is 13.0. The summed E-state index contributed by atoms with van der Waals surface area (Å²) in [4.78, 5) is 26.7. The van der Waals surface area contributed by atoms with Crippen LogP contribution in [-0.2, 0) is 14.3 Å². The van der Waals surface area contributed by atoms with Gasteiger partial charge in [-0.25, -0.2) is 0 Å². The number of likely N-dealkylation sites (tertiary alicyclic amines) is 1. The van der Waals surface area contributed by atoms with E-state index < -0.39 is 12.1 Å². The van der Waals surface area contributed by atoms with Crippen molar-refractivity contribution in [3.05, 3.63) is 34.9 Å². The molecule has 2 saturated heterocycles. The third-order valence-electron chi connectivity index (χ3n) is 4.92. The highest BCUT2D eigenvalue weighted by Gasteiger charge is 2.39. The normalized spacial score (nSPS) is 24.9. The molecule has 1 aromatic rings. The number of rotatable bonds is 4. The fourth-order valence-electron chi connectivity index (χ4n) is 3.56. The second-order valence-corrected chi connectivity index (χ2v) is 7.03. The van der Waals surface area contributed by atoms with Crippen molar-refractivity contribution in [2.24, 2.45) is 5.92 Å². The Morgan fingerprint density at radius 3 is 2.76 bits per heavy atom. The third kappa shape index (κ3) is 4.14. The molecular weight excluding hydrogens is 342 g/mol. The minimum atomic E-state index is -0.738. The van der Waals surface area contributed by atoms with Gasteiger partial charge in [0.2, 0.25) is 5.91 Å². The number of carbonyl (C=O) groups excluding carboxylic acids is 2. The van der Waals surface area contributed by atoms with Gasteiger partial charge in [0.1, 0.15) is 6.61 Å². The number of piperidine rings is 1. The van der Waals surface area contributed by atoms with Crippen LogP contribution in [0.5, 0.6) is 0 Å². The molecule has 0 radical (unpaired) electrons. The van der Waals surface area contributed by atoms with Crippen LogP contribution in [0.3, 0.4) is 0 Å². The van der Waals surface area contributed by atoms with E-state index >= 15 is 0 Å². The van der Waals surface area contributed by atoms with Crippen LogP contribution in [0.25, 0.3) is 0 Å². The summed E-state index contributed by atoms with van der Waals surface area (Å²) in [5.41, 5.74) is 0.709. The molecule has 2 amide bonds. The lowest BCUT2D eigenvalue weighted by Crippen LogP contribution is -2.54. The summed E-state index contributed by atoms with van der Waals surface area (Å²) >= 11 is 6.28. The van der Waals surface area contributed by atoms with Crippen molar-refractivity contribution in [2.45, 2.75) is 25.0 Å². The molecule has 2 aliphatic rings. The lowest BCUT2D eigenvalue weighted by Gasteiger charge is -2.38. The summed E-state index contributed by atoms with van der Waals surface area (Å²) in [7, 11) is 1.95. The topological polar surface area (TPSA) is 70.7 Å². The number of morpholine rings is 1. The van der Waals surface area contributed by atoms with E-state index in [1.807, 2.05) is 30.1 Å². The van der Waals surface area contributed by atoms with Crippen molar-refractivity contribution in [2.75, 3.05) is 33.3 Å². The molecule has 2 N–H and O–H groups in total. The smallest absolute Gasteiger partial charge is 0.254 e. The maximum Gasteiger partial charge on any atom is 0.254 e. The summed E-state index contributed by atoms with van der Waals surface area (Å²) in [5, 5.41) is 6.58. The summed E-state index contributed by atoms with van der Waals surface area (Å²) in [6.07, 6.45) is 1.21. The number of halogens is 1. The quantitative estimate of drug-likeness (QED) is 0.845. The first-order chi connectivity index (χ1) is 12.1. The van der Waals surface area contributed by atoms with E-state index in [1.165, 1.54) is 0 Å². The van der Waals surface area contributed by atoms with Gasteiger partial charge in [-0.1, -0.05) is 29.8 Å². The molecule has 3 rings (SSSR count). The van der Waals surface area contributed by atoms with Gasteiger partial charge in [0.15, 0.2) is 6.10 Å². The zero-order valence-electron chi connectivity index (χ0n) is 14.3. The molecule has 136 valence electrons. The average Bonchev–Trinajstić information content (AvgIpc) is 2.62. The van der Waals surface area contributed by atoms with Gasteiger partial charge in [-0.2, -0.15) is 0 Å². The number of amides is 2. The zero-order valence-corrected chi connectivity index (χ0v) is 15.1. The maximum atomic E-state index is 13.0. The fourth-order valence-corrected chi connectivity index (χ4v) is 3.81. The highest BCUT2D eigenvalue weighted by atomic mass is 35.5. The van der Waals surface area contributed by atoms with Crippen molar-refractivity contribution in [3.8, 4) is 0 Å². The molecule has 2 heterocycles. The van der Waals surface area contributed by atoms with Gasteiger partial charge in [-0.05, 0) is 44.0 Å². The Labute approximate surface area is 152 Å². The van der Waals surface area contributed by atoms with Crippen molar-refractivity contribution in [1.29, 1.82) is 0 Å². The van der Waals surface area contributed by atoms with Crippen LogP contribution in [0.1, 0.15) is 24.4 Å². The molecule has 2 atom stereocenters.